The largest absolute Gasteiger partial charge is 0.463 e. The van der Waals surface area contributed by atoms with E-state index in [2.05, 4.69) is 0 Å². The minimum atomic E-state index is -0.551. The Bertz CT molecular complexity index is 381. The minimum absolute atomic E-state index is 0.0909. The van der Waals surface area contributed by atoms with Crippen molar-refractivity contribution >= 4 is 5.97 Å². The van der Waals surface area contributed by atoms with Crippen LogP contribution in [-0.4, -0.2) is 112 Å². The van der Waals surface area contributed by atoms with Gasteiger partial charge in [-0.15, -0.1) is 0 Å². The number of esters is 1. The molecule has 10 nitrogen and oxygen atoms in total. The average molecular weight is 396 g/mol. The lowest BCUT2D eigenvalue weighted by molar-refractivity contribution is -0.148. The van der Waals surface area contributed by atoms with Crippen molar-refractivity contribution in [2.75, 3.05) is 66.1 Å². The molecule has 0 aromatic heterocycles. The zero-order chi connectivity index (χ0) is 19.9. The van der Waals surface area contributed by atoms with Crippen molar-refractivity contribution in [1.82, 2.24) is 0 Å². The van der Waals surface area contributed by atoms with Crippen LogP contribution in [0.4, 0.5) is 0 Å². The van der Waals surface area contributed by atoms with Crippen molar-refractivity contribution in [3.05, 3.63) is 0 Å². The molecule has 0 aliphatic carbocycles. The molecular weight excluding hydrogens is 364 g/mol. The monoisotopic (exact) mass is 396 g/mol. The van der Waals surface area contributed by atoms with E-state index in [1.165, 1.54) is 0 Å². The molecule has 10 heteroatoms. The SMILES string of the molecule is CCC(=O)OCCOCC(OCCO)C1OCC(OCCO)C1OCCO. The molecule has 0 spiro atoms. The highest BCUT2D eigenvalue weighted by atomic mass is 16.6. The number of carbonyl (C=O) groups excluding carboxylic acids is 1. The molecule has 1 fully saturated rings. The maximum atomic E-state index is 11.1. The number of aliphatic hydroxyl groups is 3. The highest BCUT2D eigenvalue weighted by Crippen LogP contribution is 2.25. The van der Waals surface area contributed by atoms with Crippen molar-refractivity contribution in [2.45, 2.75) is 37.8 Å². The molecule has 0 aromatic rings. The zero-order valence-corrected chi connectivity index (χ0v) is 15.8. The maximum absolute atomic E-state index is 11.1. The van der Waals surface area contributed by atoms with E-state index in [0.29, 0.717) is 6.42 Å². The zero-order valence-electron chi connectivity index (χ0n) is 15.8. The molecule has 0 aromatic carbocycles. The third kappa shape index (κ3) is 9.26. The summed E-state index contributed by atoms with van der Waals surface area (Å²) < 4.78 is 33.1. The summed E-state index contributed by atoms with van der Waals surface area (Å²) in [5.41, 5.74) is 0. The quantitative estimate of drug-likeness (QED) is 0.209. The third-order valence-electron chi connectivity index (χ3n) is 3.82. The van der Waals surface area contributed by atoms with Gasteiger partial charge < -0.3 is 43.7 Å². The van der Waals surface area contributed by atoms with Crippen LogP contribution in [0.25, 0.3) is 0 Å². The first-order chi connectivity index (χ1) is 13.2. The van der Waals surface area contributed by atoms with Gasteiger partial charge in [0.15, 0.2) is 0 Å². The highest BCUT2D eigenvalue weighted by molar-refractivity contribution is 5.68. The summed E-state index contributed by atoms with van der Waals surface area (Å²) in [5, 5.41) is 27.0. The predicted molar refractivity (Wildman–Crippen MR) is 92.3 cm³/mol. The van der Waals surface area contributed by atoms with Gasteiger partial charge in [-0.1, -0.05) is 6.92 Å². The molecule has 0 amide bonds. The molecule has 1 heterocycles. The van der Waals surface area contributed by atoms with E-state index >= 15 is 0 Å². The van der Waals surface area contributed by atoms with Crippen molar-refractivity contribution in [3.8, 4) is 0 Å². The molecule has 4 atom stereocenters. The van der Waals surface area contributed by atoms with E-state index in [1.807, 2.05) is 0 Å². The van der Waals surface area contributed by atoms with Gasteiger partial charge >= 0.3 is 5.97 Å². The van der Waals surface area contributed by atoms with Gasteiger partial charge in [0.2, 0.25) is 0 Å². The van der Waals surface area contributed by atoms with Gasteiger partial charge in [0.1, 0.15) is 31.0 Å². The summed E-state index contributed by atoms with van der Waals surface area (Å²) in [6, 6.07) is 0. The van der Waals surface area contributed by atoms with Gasteiger partial charge in [-0.3, -0.25) is 4.79 Å². The van der Waals surface area contributed by atoms with Crippen LogP contribution >= 0.6 is 0 Å². The molecule has 1 saturated heterocycles. The fourth-order valence-corrected chi connectivity index (χ4v) is 2.62. The Balaban J connectivity index is 2.58. The number of hydrogen-bond donors (Lipinski definition) is 3. The van der Waals surface area contributed by atoms with E-state index < -0.39 is 24.4 Å². The molecule has 27 heavy (non-hydrogen) atoms. The number of aliphatic hydroxyl groups excluding tert-OH is 3. The fourth-order valence-electron chi connectivity index (χ4n) is 2.62. The Morgan fingerprint density at radius 2 is 1.74 bits per heavy atom. The first-order valence-electron chi connectivity index (χ1n) is 9.20. The summed E-state index contributed by atoms with van der Waals surface area (Å²) >= 11 is 0. The lowest BCUT2D eigenvalue weighted by atomic mass is 10.1. The van der Waals surface area contributed by atoms with Crippen molar-refractivity contribution < 1.29 is 48.5 Å². The first kappa shape index (κ1) is 24.2. The molecule has 1 aliphatic rings. The normalized spacial score (nSPS) is 23.5. The Hall–Kier alpha value is -0.850. The summed E-state index contributed by atoms with van der Waals surface area (Å²) in [5.74, 6) is -0.299. The van der Waals surface area contributed by atoms with Crippen LogP contribution in [0.3, 0.4) is 0 Å². The molecule has 0 radical (unpaired) electrons. The van der Waals surface area contributed by atoms with Crippen molar-refractivity contribution in [1.29, 1.82) is 0 Å². The van der Waals surface area contributed by atoms with Crippen LogP contribution in [0.2, 0.25) is 0 Å². The number of rotatable bonds is 16. The molecule has 1 rings (SSSR count). The Morgan fingerprint density at radius 1 is 1.04 bits per heavy atom. The first-order valence-corrected chi connectivity index (χ1v) is 9.20. The minimum Gasteiger partial charge on any atom is -0.463 e. The number of hydrogen-bond acceptors (Lipinski definition) is 10. The topological polar surface area (TPSA) is 133 Å². The Morgan fingerprint density at radius 3 is 2.41 bits per heavy atom. The standard InChI is InChI=1S/C17H32O10/c1-2-15(21)25-10-9-22-11-13(23-6-3-18)17-16(26-8-5-20)14(12-27-17)24-7-4-19/h13-14,16-20H,2-12H2,1H3. The van der Waals surface area contributed by atoms with Crippen LogP contribution in [0.1, 0.15) is 13.3 Å². The van der Waals surface area contributed by atoms with Gasteiger partial charge in [0.25, 0.3) is 0 Å². The molecule has 0 bridgehead atoms. The lowest BCUT2D eigenvalue weighted by Gasteiger charge is -2.29. The summed E-state index contributed by atoms with van der Waals surface area (Å²) in [4.78, 5) is 11.1. The second kappa shape index (κ2) is 15.1. The Kier molecular flexibility index (Phi) is 13.5. The summed E-state index contributed by atoms with van der Waals surface area (Å²) in [7, 11) is 0. The van der Waals surface area contributed by atoms with Crippen molar-refractivity contribution in [3.63, 3.8) is 0 Å². The van der Waals surface area contributed by atoms with Crippen molar-refractivity contribution in [2.24, 2.45) is 0 Å². The number of ether oxygens (including phenoxy) is 6. The van der Waals surface area contributed by atoms with Crippen LogP contribution in [-0.2, 0) is 33.2 Å². The maximum Gasteiger partial charge on any atom is 0.305 e. The van der Waals surface area contributed by atoms with E-state index in [4.69, 9.17) is 43.7 Å². The van der Waals surface area contributed by atoms with Crippen LogP contribution < -0.4 is 0 Å². The van der Waals surface area contributed by atoms with Crippen LogP contribution in [0.15, 0.2) is 0 Å². The number of carbonyl (C=O) groups is 1. The molecule has 0 saturated carbocycles. The molecule has 1 aliphatic heterocycles. The molecular formula is C17H32O10. The van der Waals surface area contributed by atoms with E-state index in [0.717, 1.165) is 0 Å². The predicted octanol–water partition coefficient (Wildman–Crippen LogP) is -1.51. The molecule has 4 unspecified atom stereocenters. The van der Waals surface area contributed by atoms with E-state index in [-0.39, 0.29) is 72.0 Å². The van der Waals surface area contributed by atoms with Gasteiger partial charge in [-0.25, -0.2) is 0 Å². The van der Waals surface area contributed by atoms with Gasteiger partial charge in [-0.05, 0) is 0 Å². The summed E-state index contributed by atoms with van der Waals surface area (Å²) in [6.07, 6.45) is -1.72. The summed E-state index contributed by atoms with van der Waals surface area (Å²) in [6.45, 7) is 2.31. The molecule has 160 valence electrons. The third-order valence-corrected chi connectivity index (χ3v) is 3.82. The van der Waals surface area contributed by atoms with Gasteiger partial charge in [0, 0.05) is 6.42 Å². The highest BCUT2D eigenvalue weighted by Gasteiger charge is 2.44. The van der Waals surface area contributed by atoms with Crippen LogP contribution in [0, 0.1) is 0 Å². The lowest BCUT2D eigenvalue weighted by Crippen LogP contribution is -2.45. The second-order valence-corrected chi connectivity index (χ2v) is 5.77. The smallest absolute Gasteiger partial charge is 0.305 e. The van der Waals surface area contributed by atoms with E-state index in [9.17, 15) is 4.79 Å². The van der Waals surface area contributed by atoms with Gasteiger partial charge in [0.05, 0.1) is 59.5 Å². The van der Waals surface area contributed by atoms with E-state index in [1.54, 1.807) is 6.92 Å². The van der Waals surface area contributed by atoms with Gasteiger partial charge in [-0.2, -0.15) is 0 Å². The molecule has 3 N–H and O–H groups in total. The van der Waals surface area contributed by atoms with Crippen LogP contribution in [0.5, 0.6) is 0 Å². The Labute approximate surface area is 159 Å². The fraction of sp³-hybridized carbons (Fsp3) is 0.941. The second-order valence-electron chi connectivity index (χ2n) is 5.77. The average Bonchev–Trinajstić information content (AvgIpc) is 3.08.